The standard InChI is InChI=1S/C14H21ClN2O2S/c1-17(13-6-8-16-9-7-13)10-11-20(18,19)14-4-2-12(15)3-5-14/h2-5,13,16H,6-11H2,1H3. The van der Waals surface area contributed by atoms with Crippen molar-refractivity contribution in [2.24, 2.45) is 0 Å². The van der Waals surface area contributed by atoms with E-state index in [0.29, 0.717) is 22.5 Å². The number of piperidine rings is 1. The molecule has 6 heteroatoms. The predicted molar refractivity (Wildman–Crippen MR) is 82.0 cm³/mol. The summed E-state index contributed by atoms with van der Waals surface area (Å²) in [4.78, 5) is 2.51. The lowest BCUT2D eigenvalue weighted by Crippen LogP contribution is -2.42. The van der Waals surface area contributed by atoms with Crippen LogP contribution in [0.2, 0.25) is 5.02 Å². The van der Waals surface area contributed by atoms with E-state index in [2.05, 4.69) is 10.2 Å². The number of nitrogens with zero attached hydrogens (tertiary/aromatic N) is 1. The SMILES string of the molecule is CN(CCS(=O)(=O)c1ccc(Cl)cc1)C1CCNCC1. The summed E-state index contributed by atoms with van der Waals surface area (Å²) in [5.74, 6) is 0.148. The minimum atomic E-state index is -3.23. The zero-order valence-electron chi connectivity index (χ0n) is 11.7. The lowest BCUT2D eigenvalue weighted by atomic mass is 10.1. The fourth-order valence-corrected chi connectivity index (χ4v) is 3.89. The Labute approximate surface area is 126 Å². The molecule has 0 unspecified atom stereocenters. The summed E-state index contributed by atoms with van der Waals surface area (Å²) in [5.41, 5.74) is 0. The molecule has 0 atom stereocenters. The molecular formula is C14H21ClN2O2S. The fraction of sp³-hybridized carbons (Fsp3) is 0.571. The summed E-state index contributed by atoms with van der Waals surface area (Å²) in [6.07, 6.45) is 2.16. The van der Waals surface area contributed by atoms with Gasteiger partial charge in [-0.2, -0.15) is 0 Å². The van der Waals surface area contributed by atoms with E-state index in [9.17, 15) is 8.42 Å². The number of nitrogens with one attached hydrogen (secondary N) is 1. The molecule has 2 rings (SSSR count). The van der Waals surface area contributed by atoms with Gasteiger partial charge in [0.25, 0.3) is 0 Å². The van der Waals surface area contributed by atoms with Gasteiger partial charge in [-0.1, -0.05) is 11.6 Å². The monoisotopic (exact) mass is 316 g/mol. The molecular weight excluding hydrogens is 296 g/mol. The van der Waals surface area contributed by atoms with Gasteiger partial charge < -0.3 is 10.2 Å². The fourth-order valence-electron chi connectivity index (χ4n) is 2.45. The van der Waals surface area contributed by atoms with Crippen LogP contribution in [0.25, 0.3) is 0 Å². The topological polar surface area (TPSA) is 49.4 Å². The largest absolute Gasteiger partial charge is 0.317 e. The third-order valence-corrected chi connectivity index (χ3v) is 5.78. The van der Waals surface area contributed by atoms with E-state index in [-0.39, 0.29) is 5.75 Å². The summed E-state index contributed by atoms with van der Waals surface area (Å²) >= 11 is 5.78. The van der Waals surface area contributed by atoms with Gasteiger partial charge in [0.05, 0.1) is 10.6 Å². The van der Waals surface area contributed by atoms with Gasteiger partial charge in [-0.15, -0.1) is 0 Å². The van der Waals surface area contributed by atoms with Crippen LogP contribution >= 0.6 is 11.6 Å². The number of benzene rings is 1. The minimum absolute atomic E-state index is 0.148. The average molecular weight is 317 g/mol. The summed E-state index contributed by atoms with van der Waals surface area (Å²) in [6.45, 7) is 2.59. The molecule has 1 N–H and O–H groups in total. The molecule has 1 aromatic rings. The molecule has 0 aromatic heterocycles. The quantitative estimate of drug-likeness (QED) is 0.900. The Hall–Kier alpha value is -0.620. The van der Waals surface area contributed by atoms with E-state index < -0.39 is 9.84 Å². The first-order valence-corrected chi connectivity index (χ1v) is 8.91. The van der Waals surface area contributed by atoms with Crippen LogP contribution in [-0.2, 0) is 9.84 Å². The highest BCUT2D eigenvalue weighted by Gasteiger charge is 2.20. The second kappa shape index (κ2) is 6.89. The van der Waals surface area contributed by atoms with Gasteiger partial charge in [-0.25, -0.2) is 8.42 Å². The third-order valence-electron chi connectivity index (χ3n) is 3.82. The van der Waals surface area contributed by atoms with Crippen LogP contribution in [0.3, 0.4) is 0 Å². The van der Waals surface area contributed by atoms with Crippen molar-refractivity contribution < 1.29 is 8.42 Å². The van der Waals surface area contributed by atoms with Crippen LogP contribution < -0.4 is 5.32 Å². The van der Waals surface area contributed by atoms with Crippen molar-refractivity contribution in [3.05, 3.63) is 29.3 Å². The first kappa shape index (κ1) is 15.8. The number of rotatable bonds is 5. The molecule has 1 saturated heterocycles. The van der Waals surface area contributed by atoms with Crippen molar-refractivity contribution in [1.29, 1.82) is 0 Å². The van der Waals surface area contributed by atoms with Crippen molar-refractivity contribution in [2.75, 3.05) is 32.4 Å². The van der Waals surface area contributed by atoms with E-state index >= 15 is 0 Å². The van der Waals surface area contributed by atoms with Crippen LogP contribution in [0.4, 0.5) is 0 Å². The Balaban J connectivity index is 1.93. The summed E-state index contributed by atoms with van der Waals surface area (Å²) in [5, 5.41) is 3.87. The Kier molecular flexibility index (Phi) is 5.43. The van der Waals surface area contributed by atoms with E-state index in [1.54, 1.807) is 24.3 Å². The molecule has 0 spiro atoms. The zero-order chi connectivity index (χ0) is 14.6. The summed E-state index contributed by atoms with van der Waals surface area (Å²) in [6, 6.07) is 6.86. The number of hydrogen-bond acceptors (Lipinski definition) is 4. The molecule has 0 aliphatic carbocycles. The molecule has 0 saturated carbocycles. The van der Waals surface area contributed by atoms with Gasteiger partial charge in [0, 0.05) is 17.6 Å². The van der Waals surface area contributed by atoms with Crippen LogP contribution in [0.15, 0.2) is 29.2 Å². The van der Waals surface area contributed by atoms with E-state index in [0.717, 1.165) is 25.9 Å². The normalized spacial score (nSPS) is 17.6. The van der Waals surface area contributed by atoms with Gasteiger partial charge in [-0.05, 0) is 57.2 Å². The lowest BCUT2D eigenvalue weighted by molar-refractivity contribution is 0.209. The molecule has 1 aliphatic rings. The van der Waals surface area contributed by atoms with Crippen LogP contribution in [0.1, 0.15) is 12.8 Å². The minimum Gasteiger partial charge on any atom is -0.317 e. The molecule has 1 aliphatic heterocycles. The van der Waals surface area contributed by atoms with Gasteiger partial charge >= 0.3 is 0 Å². The number of halogens is 1. The second-order valence-corrected chi connectivity index (χ2v) is 7.78. The molecule has 112 valence electrons. The Bertz CT molecular complexity index is 525. The molecule has 1 heterocycles. The number of hydrogen-bond donors (Lipinski definition) is 1. The molecule has 0 bridgehead atoms. The third kappa shape index (κ3) is 4.19. The Morgan fingerprint density at radius 1 is 1.25 bits per heavy atom. The lowest BCUT2D eigenvalue weighted by Gasteiger charge is -2.31. The molecule has 20 heavy (non-hydrogen) atoms. The molecule has 1 fully saturated rings. The maximum absolute atomic E-state index is 12.2. The van der Waals surface area contributed by atoms with Gasteiger partial charge in [0.15, 0.2) is 9.84 Å². The maximum Gasteiger partial charge on any atom is 0.179 e. The first-order chi connectivity index (χ1) is 9.49. The van der Waals surface area contributed by atoms with Crippen molar-refractivity contribution in [2.45, 2.75) is 23.8 Å². The van der Waals surface area contributed by atoms with Crippen LogP contribution in [0.5, 0.6) is 0 Å². The predicted octanol–water partition coefficient (Wildman–Crippen LogP) is 1.80. The highest BCUT2D eigenvalue weighted by atomic mass is 35.5. The van der Waals surface area contributed by atoms with E-state index in [1.165, 1.54) is 0 Å². The van der Waals surface area contributed by atoms with Gasteiger partial charge in [-0.3, -0.25) is 0 Å². The van der Waals surface area contributed by atoms with E-state index in [1.807, 2.05) is 7.05 Å². The van der Waals surface area contributed by atoms with Crippen molar-refractivity contribution >= 4 is 21.4 Å². The average Bonchev–Trinajstić information content (AvgIpc) is 2.46. The van der Waals surface area contributed by atoms with Crippen molar-refractivity contribution in [3.8, 4) is 0 Å². The molecule has 0 amide bonds. The smallest absolute Gasteiger partial charge is 0.179 e. The van der Waals surface area contributed by atoms with Crippen molar-refractivity contribution in [1.82, 2.24) is 10.2 Å². The van der Waals surface area contributed by atoms with Crippen molar-refractivity contribution in [3.63, 3.8) is 0 Å². The zero-order valence-corrected chi connectivity index (χ0v) is 13.3. The van der Waals surface area contributed by atoms with E-state index in [4.69, 9.17) is 11.6 Å². The molecule has 4 nitrogen and oxygen atoms in total. The summed E-state index contributed by atoms with van der Waals surface area (Å²) in [7, 11) is -1.22. The van der Waals surface area contributed by atoms with Gasteiger partial charge in [0.2, 0.25) is 0 Å². The number of sulfone groups is 1. The molecule has 0 radical (unpaired) electrons. The maximum atomic E-state index is 12.2. The van der Waals surface area contributed by atoms with Crippen LogP contribution in [-0.4, -0.2) is 51.8 Å². The summed E-state index contributed by atoms with van der Waals surface area (Å²) < 4.78 is 24.5. The highest BCUT2D eigenvalue weighted by Crippen LogP contribution is 2.16. The molecule has 1 aromatic carbocycles. The van der Waals surface area contributed by atoms with Crippen LogP contribution in [0, 0.1) is 0 Å². The highest BCUT2D eigenvalue weighted by molar-refractivity contribution is 7.91. The second-order valence-electron chi connectivity index (χ2n) is 5.23. The Morgan fingerprint density at radius 2 is 1.85 bits per heavy atom. The first-order valence-electron chi connectivity index (χ1n) is 6.88. The van der Waals surface area contributed by atoms with Gasteiger partial charge in [0.1, 0.15) is 0 Å². The Morgan fingerprint density at radius 3 is 2.45 bits per heavy atom.